The van der Waals surface area contributed by atoms with E-state index >= 15 is 0 Å². The lowest BCUT2D eigenvalue weighted by molar-refractivity contribution is 0.0691. The number of carboxylic acid groups (broad SMARTS) is 1. The average Bonchev–Trinajstić information content (AvgIpc) is 3.16. The van der Waals surface area contributed by atoms with Crippen molar-refractivity contribution in [3.63, 3.8) is 0 Å². The monoisotopic (exact) mass is 314 g/mol. The minimum atomic E-state index is -1.15. The molecule has 3 rings (SSSR count). The molecule has 3 aromatic rings. The van der Waals surface area contributed by atoms with E-state index in [0.29, 0.717) is 16.9 Å². The molecule has 22 heavy (non-hydrogen) atoms. The van der Waals surface area contributed by atoms with Crippen molar-refractivity contribution < 1.29 is 14.7 Å². The first kappa shape index (κ1) is 14.0. The number of carbonyl (C=O) groups is 2. The molecule has 0 fully saturated rings. The molecule has 0 spiro atoms. The zero-order valence-electron chi connectivity index (χ0n) is 11.1. The van der Waals surface area contributed by atoms with Gasteiger partial charge in [0.25, 0.3) is 0 Å². The Bertz CT molecular complexity index is 838. The lowest BCUT2D eigenvalue weighted by Gasteiger charge is -2.06. The summed E-state index contributed by atoms with van der Waals surface area (Å²) in [6, 6.07) is 9.99. The van der Waals surface area contributed by atoms with Gasteiger partial charge in [0.2, 0.25) is 5.91 Å². The summed E-state index contributed by atoms with van der Waals surface area (Å²) in [7, 11) is 0. The Morgan fingerprint density at radius 2 is 1.91 bits per heavy atom. The van der Waals surface area contributed by atoms with Gasteiger partial charge in [-0.25, -0.2) is 9.48 Å². The number of nitrogens with zero attached hydrogens (tertiary/aromatic N) is 3. The fraction of sp³-hybridized carbons (Fsp3) is 0. The van der Waals surface area contributed by atoms with Crippen molar-refractivity contribution in [1.29, 1.82) is 0 Å². The Morgan fingerprint density at radius 3 is 2.45 bits per heavy atom. The standard InChI is InChI=1S/C14H10N4O3S/c15-13(19)8-3-5-9(6-4-8)18-12(10-2-1-7-22-10)11(14(20)21)16-17-18/h1-7H,(H2,15,19)(H,20,21). The van der Waals surface area contributed by atoms with Crippen LogP contribution in [0.4, 0.5) is 0 Å². The van der Waals surface area contributed by atoms with E-state index in [0.717, 1.165) is 4.88 Å². The Hall–Kier alpha value is -3.00. The molecule has 0 aliphatic heterocycles. The molecule has 0 aliphatic carbocycles. The van der Waals surface area contributed by atoms with Gasteiger partial charge in [0, 0.05) is 5.56 Å². The summed E-state index contributed by atoms with van der Waals surface area (Å²) in [5.41, 5.74) is 6.43. The first-order valence-corrected chi connectivity index (χ1v) is 7.09. The van der Waals surface area contributed by atoms with Crippen molar-refractivity contribution >= 4 is 23.2 Å². The maximum atomic E-state index is 11.3. The van der Waals surface area contributed by atoms with Gasteiger partial charge >= 0.3 is 5.97 Å². The van der Waals surface area contributed by atoms with Gasteiger partial charge in [0.05, 0.1) is 10.6 Å². The third-order valence-corrected chi connectivity index (χ3v) is 3.90. The number of thiophene rings is 1. The Kier molecular flexibility index (Phi) is 3.43. The van der Waals surface area contributed by atoms with Crippen molar-refractivity contribution in [2.24, 2.45) is 5.73 Å². The van der Waals surface area contributed by atoms with Gasteiger partial charge in [-0.3, -0.25) is 4.79 Å². The maximum Gasteiger partial charge on any atom is 0.358 e. The molecular formula is C14H10N4O3S. The summed E-state index contributed by atoms with van der Waals surface area (Å²) in [4.78, 5) is 23.2. The molecule has 8 heteroatoms. The van der Waals surface area contributed by atoms with E-state index < -0.39 is 11.9 Å². The van der Waals surface area contributed by atoms with Crippen LogP contribution >= 0.6 is 11.3 Å². The summed E-state index contributed by atoms with van der Waals surface area (Å²) in [6.45, 7) is 0. The summed E-state index contributed by atoms with van der Waals surface area (Å²) in [5.74, 6) is -1.68. The van der Waals surface area contributed by atoms with Crippen LogP contribution in [0.2, 0.25) is 0 Å². The first-order chi connectivity index (χ1) is 10.6. The first-order valence-electron chi connectivity index (χ1n) is 6.21. The summed E-state index contributed by atoms with van der Waals surface area (Å²) in [6.07, 6.45) is 0. The molecule has 0 bridgehead atoms. The highest BCUT2D eigenvalue weighted by molar-refractivity contribution is 7.13. The number of carboxylic acids is 1. The van der Waals surface area contributed by atoms with Crippen molar-refractivity contribution in [2.45, 2.75) is 0 Å². The zero-order valence-corrected chi connectivity index (χ0v) is 11.9. The molecule has 0 aliphatic rings. The van der Waals surface area contributed by atoms with Crippen LogP contribution in [-0.4, -0.2) is 32.0 Å². The van der Waals surface area contributed by atoms with Crippen LogP contribution in [0.15, 0.2) is 41.8 Å². The quantitative estimate of drug-likeness (QED) is 0.762. The van der Waals surface area contributed by atoms with E-state index in [9.17, 15) is 14.7 Å². The number of nitrogens with two attached hydrogens (primary N) is 1. The van der Waals surface area contributed by atoms with E-state index in [2.05, 4.69) is 10.3 Å². The van der Waals surface area contributed by atoms with E-state index in [-0.39, 0.29) is 5.69 Å². The van der Waals surface area contributed by atoms with Gasteiger partial charge in [-0.05, 0) is 35.7 Å². The third kappa shape index (κ3) is 2.35. The topological polar surface area (TPSA) is 111 Å². The number of amides is 1. The number of carbonyl (C=O) groups excluding carboxylic acids is 1. The van der Waals surface area contributed by atoms with Crippen molar-refractivity contribution in [3.8, 4) is 16.3 Å². The number of aromatic carboxylic acids is 1. The molecule has 2 heterocycles. The molecule has 7 nitrogen and oxygen atoms in total. The molecule has 0 atom stereocenters. The van der Waals surface area contributed by atoms with E-state index in [1.807, 2.05) is 11.4 Å². The predicted octanol–water partition coefficient (Wildman–Crippen LogP) is 1.79. The highest BCUT2D eigenvalue weighted by atomic mass is 32.1. The number of rotatable bonds is 4. The van der Waals surface area contributed by atoms with Gasteiger partial charge < -0.3 is 10.8 Å². The molecule has 3 N–H and O–H groups in total. The SMILES string of the molecule is NC(=O)c1ccc(-n2nnc(C(=O)O)c2-c2cccs2)cc1. The molecule has 1 aromatic carbocycles. The molecule has 0 unspecified atom stereocenters. The van der Waals surface area contributed by atoms with Crippen LogP contribution in [0.3, 0.4) is 0 Å². The van der Waals surface area contributed by atoms with Crippen LogP contribution in [0, 0.1) is 0 Å². The van der Waals surface area contributed by atoms with Gasteiger partial charge in [-0.15, -0.1) is 16.4 Å². The van der Waals surface area contributed by atoms with Gasteiger partial charge in [0.15, 0.2) is 5.69 Å². The van der Waals surface area contributed by atoms with Crippen LogP contribution < -0.4 is 5.73 Å². The highest BCUT2D eigenvalue weighted by Crippen LogP contribution is 2.29. The number of benzene rings is 1. The van der Waals surface area contributed by atoms with Gasteiger partial charge in [-0.1, -0.05) is 11.3 Å². The van der Waals surface area contributed by atoms with Crippen molar-refractivity contribution in [1.82, 2.24) is 15.0 Å². The smallest absolute Gasteiger partial charge is 0.358 e. The third-order valence-electron chi connectivity index (χ3n) is 3.02. The summed E-state index contributed by atoms with van der Waals surface area (Å²) >= 11 is 1.39. The zero-order chi connectivity index (χ0) is 15.7. The Morgan fingerprint density at radius 1 is 1.18 bits per heavy atom. The second kappa shape index (κ2) is 5.41. The largest absolute Gasteiger partial charge is 0.476 e. The average molecular weight is 314 g/mol. The second-order valence-electron chi connectivity index (χ2n) is 4.39. The van der Waals surface area contributed by atoms with Crippen molar-refractivity contribution in [3.05, 3.63) is 53.0 Å². The molecular weight excluding hydrogens is 304 g/mol. The maximum absolute atomic E-state index is 11.3. The predicted molar refractivity (Wildman–Crippen MR) is 80.1 cm³/mol. The van der Waals surface area contributed by atoms with Crippen LogP contribution in [-0.2, 0) is 0 Å². The van der Waals surface area contributed by atoms with Crippen LogP contribution in [0.25, 0.3) is 16.3 Å². The van der Waals surface area contributed by atoms with Gasteiger partial charge in [-0.2, -0.15) is 0 Å². The lowest BCUT2D eigenvalue weighted by atomic mass is 10.2. The second-order valence-corrected chi connectivity index (χ2v) is 5.34. The molecule has 1 amide bonds. The minimum absolute atomic E-state index is 0.124. The van der Waals surface area contributed by atoms with E-state index in [1.165, 1.54) is 16.0 Å². The number of hydrogen-bond donors (Lipinski definition) is 2. The number of hydrogen-bond acceptors (Lipinski definition) is 5. The van der Waals surface area contributed by atoms with Crippen LogP contribution in [0.5, 0.6) is 0 Å². The lowest BCUT2D eigenvalue weighted by Crippen LogP contribution is -2.11. The van der Waals surface area contributed by atoms with E-state index in [4.69, 9.17) is 5.73 Å². The Labute approximate surface area is 128 Å². The summed E-state index contributed by atoms with van der Waals surface area (Å²) < 4.78 is 1.43. The van der Waals surface area contributed by atoms with Crippen molar-refractivity contribution in [2.75, 3.05) is 0 Å². The fourth-order valence-electron chi connectivity index (χ4n) is 2.01. The summed E-state index contributed by atoms with van der Waals surface area (Å²) in [5, 5.41) is 18.8. The molecule has 0 saturated heterocycles. The molecule has 110 valence electrons. The normalized spacial score (nSPS) is 10.5. The fourth-order valence-corrected chi connectivity index (χ4v) is 2.76. The highest BCUT2D eigenvalue weighted by Gasteiger charge is 2.22. The number of primary amides is 1. The molecule has 2 aromatic heterocycles. The van der Waals surface area contributed by atoms with Crippen LogP contribution in [0.1, 0.15) is 20.8 Å². The molecule has 0 radical (unpaired) electrons. The van der Waals surface area contributed by atoms with E-state index in [1.54, 1.807) is 30.3 Å². The Balaban J connectivity index is 2.15. The molecule has 0 saturated carbocycles. The number of aromatic nitrogens is 3. The van der Waals surface area contributed by atoms with Gasteiger partial charge in [0.1, 0.15) is 5.69 Å². The minimum Gasteiger partial charge on any atom is -0.476 e.